The predicted molar refractivity (Wildman–Crippen MR) is 69.4 cm³/mol. The number of rotatable bonds is 3. The molecule has 3 N–H and O–H groups in total. The highest BCUT2D eigenvalue weighted by atomic mass is 16.6. The summed E-state index contributed by atoms with van der Waals surface area (Å²) in [7, 11) is 1.33. The third-order valence-electron chi connectivity index (χ3n) is 2.84. The SMILES string of the molecule is COC(=O)C1(NNC(=O)OC(C)(C)C)CCNCC1. The van der Waals surface area contributed by atoms with Crippen LogP contribution >= 0.6 is 0 Å². The molecule has 1 rings (SSSR count). The van der Waals surface area contributed by atoms with Crippen molar-refractivity contribution in [3.05, 3.63) is 0 Å². The minimum Gasteiger partial charge on any atom is -0.468 e. The maximum absolute atomic E-state index is 11.9. The Morgan fingerprint density at radius 3 is 2.26 bits per heavy atom. The summed E-state index contributed by atoms with van der Waals surface area (Å²) in [6.07, 6.45) is 0.458. The van der Waals surface area contributed by atoms with E-state index in [1.54, 1.807) is 20.8 Å². The number of ether oxygens (including phenoxy) is 2. The second-order valence-electron chi connectivity index (χ2n) is 5.58. The van der Waals surface area contributed by atoms with Crippen molar-refractivity contribution in [1.29, 1.82) is 0 Å². The summed E-state index contributed by atoms with van der Waals surface area (Å²) in [5.74, 6) is -0.384. The van der Waals surface area contributed by atoms with E-state index in [0.29, 0.717) is 25.9 Å². The summed E-state index contributed by atoms with van der Waals surface area (Å²) >= 11 is 0. The summed E-state index contributed by atoms with van der Waals surface area (Å²) in [4.78, 5) is 23.5. The Morgan fingerprint density at radius 2 is 1.79 bits per heavy atom. The maximum Gasteiger partial charge on any atom is 0.422 e. The highest BCUT2D eigenvalue weighted by Gasteiger charge is 2.41. The van der Waals surface area contributed by atoms with Crippen LogP contribution in [0.4, 0.5) is 4.79 Å². The van der Waals surface area contributed by atoms with Crippen LogP contribution in [0.2, 0.25) is 0 Å². The van der Waals surface area contributed by atoms with Crippen LogP contribution in [0, 0.1) is 0 Å². The largest absolute Gasteiger partial charge is 0.468 e. The van der Waals surface area contributed by atoms with Gasteiger partial charge >= 0.3 is 12.1 Å². The van der Waals surface area contributed by atoms with Gasteiger partial charge in [0.2, 0.25) is 0 Å². The van der Waals surface area contributed by atoms with E-state index < -0.39 is 17.2 Å². The minimum atomic E-state index is -0.892. The van der Waals surface area contributed by atoms with E-state index in [2.05, 4.69) is 16.2 Å². The Kier molecular flexibility index (Phi) is 5.13. The molecule has 0 aromatic carbocycles. The number of hydrogen-bond acceptors (Lipinski definition) is 6. The molecule has 0 aromatic rings. The van der Waals surface area contributed by atoms with Gasteiger partial charge in [-0.3, -0.25) is 5.43 Å². The van der Waals surface area contributed by atoms with Gasteiger partial charge in [0, 0.05) is 0 Å². The zero-order valence-electron chi connectivity index (χ0n) is 12.0. The lowest BCUT2D eigenvalue weighted by Gasteiger charge is -2.35. The number of hydrazine groups is 1. The lowest BCUT2D eigenvalue weighted by Crippen LogP contribution is -2.63. The average Bonchev–Trinajstić information content (AvgIpc) is 2.34. The molecule has 0 spiro atoms. The summed E-state index contributed by atoms with van der Waals surface area (Å²) in [5, 5.41) is 3.15. The van der Waals surface area contributed by atoms with Crippen LogP contribution in [0.5, 0.6) is 0 Å². The van der Waals surface area contributed by atoms with Crippen molar-refractivity contribution in [2.24, 2.45) is 0 Å². The van der Waals surface area contributed by atoms with Crippen LogP contribution in [0.1, 0.15) is 33.6 Å². The van der Waals surface area contributed by atoms with Crippen molar-refractivity contribution in [3.8, 4) is 0 Å². The zero-order chi connectivity index (χ0) is 14.5. The van der Waals surface area contributed by atoms with Crippen LogP contribution in [0.3, 0.4) is 0 Å². The monoisotopic (exact) mass is 273 g/mol. The van der Waals surface area contributed by atoms with Gasteiger partial charge in [-0.15, -0.1) is 0 Å². The first-order valence-electron chi connectivity index (χ1n) is 6.34. The Morgan fingerprint density at radius 1 is 1.21 bits per heavy atom. The van der Waals surface area contributed by atoms with Crippen LogP contribution in [0.25, 0.3) is 0 Å². The normalized spacial score (nSPS) is 18.5. The molecule has 7 heteroatoms. The van der Waals surface area contributed by atoms with Gasteiger partial charge in [-0.25, -0.2) is 15.0 Å². The van der Waals surface area contributed by atoms with Crippen LogP contribution in [0.15, 0.2) is 0 Å². The molecule has 110 valence electrons. The summed E-state index contributed by atoms with van der Waals surface area (Å²) < 4.78 is 9.91. The van der Waals surface area contributed by atoms with Crippen LogP contribution < -0.4 is 16.2 Å². The third kappa shape index (κ3) is 4.68. The molecule has 0 saturated carbocycles. The third-order valence-corrected chi connectivity index (χ3v) is 2.84. The number of methoxy groups -OCH3 is 1. The predicted octanol–water partition coefficient (Wildman–Crippen LogP) is 0.311. The van der Waals surface area contributed by atoms with E-state index in [1.807, 2.05) is 0 Å². The molecule has 1 heterocycles. The number of nitrogens with one attached hydrogen (secondary N) is 3. The fraction of sp³-hybridized carbons (Fsp3) is 0.833. The van der Waals surface area contributed by atoms with Gasteiger partial charge in [-0.05, 0) is 46.7 Å². The summed E-state index contributed by atoms with van der Waals surface area (Å²) in [5.41, 5.74) is 3.72. The lowest BCUT2D eigenvalue weighted by atomic mass is 9.89. The Labute approximate surface area is 113 Å². The summed E-state index contributed by atoms with van der Waals surface area (Å²) in [6, 6.07) is 0. The van der Waals surface area contributed by atoms with Crippen LogP contribution in [-0.2, 0) is 14.3 Å². The molecule has 1 fully saturated rings. The standard InChI is InChI=1S/C12H23N3O4/c1-11(2,3)19-10(17)14-15-12(9(16)18-4)5-7-13-8-6-12/h13,15H,5-8H2,1-4H3,(H,14,17). The van der Waals surface area contributed by atoms with Gasteiger partial charge in [0.1, 0.15) is 11.1 Å². The molecule has 0 aliphatic carbocycles. The molecule has 0 radical (unpaired) electrons. The molecule has 7 nitrogen and oxygen atoms in total. The molecule has 0 atom stereocenters. The van der Waals surface area contributed by atoms with Crippen LogP contribution in [-0.4, -0.2) is 43.4 Å². The Balaban J connectivity index is 2.59. The van der Waals surface area contributed by atoms with Crippen molar-refractivity contribution in [3.63, 3.8) is 0 Å². The highest BCUT2D eigenvalue weighted by Crippen LogP contribution is 2.19. The van der Waals surface area contributed by atoms with Gasteiger partial charge in [-0.2, -0.15) is 0 Å². The number of piperidine rings is 1. The van der Waals surface area contributed by atoms with Crippen molar-refractivity contribution < 1.29 is 19.1 Å². The molecule has 0 aromatic heterocycles. The highest BCUT2D eigenvalue weighted by molar-refractivity contribution is 5.81. The van der Waals surface area contributed by atoms with Gasteiger partial charge in [0.25, 0.3) is 0 Å². The summed E-state index contributed by atoms with van der Waals surface area (Å²) in [6.45, 7) is 6.67. The van der Waals surface area contributed by atoms with Crippen molar-refractivity contribution in [2.75, 3.05) is 20.2 Å². The number of amides is 1. The average molecular weight is 273 g/mol. The number of carbonyl (C=O) groups is 2. The van der Waals surface area contributed by atoms with E-state index >= 15 is 0 Å². The zero-order valence-corrected chi connectivity index (χ0v) is 12.0. The second-order valence-corrected chi connectivity index (χ2v) is 5.58. The second kappa shape index (κ2) is 6.21. The molecular formula is C12H23N3O4. The Hall–Kier alpha value is -1.34. The number of esters is 1. The molecular weight excluding hydrogens is 250 g/mol. The first kappa shape index (κ1) is 15.7. The van der Waals surface area contributed by atoms with Crippen molar-refractivity contribution in [2.45, 2.75) is 44.8 Å². The lowest BCUT2D eigenvalue weighted by molar-refractivity contribution is -0.150. The maximum atomic E-state index is 11.9. The molecule has 1 aliphatic rings. The topological polar surface area (TPSA) is 88.7 Å². The van der Waals surface area contributed by atoms with Gasteiger partial charge < -0.3 is 14.8 Å². The number of hydrogen-bond donors (Lipinski definition) is 3. The van der Waals surface area contributed by atoms with Crippen molar-refractivity contribution in [1.82, 2.24) is 16.2 Å². The molecule has 1 aliphatic heterocycles. The number of carbonyl (C=O) groups excluding carboxylic acids is 2. The molecule has 0 unspecified atom stereocenters. The van der Waals surface area contributed by atoms with Gasteiger partial charge in [-0.1, -0.05) is 0 Å². The van der Waals surface area contributed by atoms with Crippen molar-refractivity contribution >= 4 is 12.1 Å². The fourth-order valence-electron chi connectivity index (χ4n) is 1.90. The molecule has 1 amide bonds. The van der Waals surface area contributed by atoms with Gasteiger partial charge in [0.15, 0.2) is 0 Å². The van der Waals surface area contributed by atoms with E-state index in [9.17, 15) is 9.59 Å². The quantitative estimate of drug-likeness (QED) is 0.506. The molecule has 19 heavy (non-hydrogen) atoms. The minimum absolute atomic E-state index is 0.384. The first-order chi connectivity index (χ1) is 8.79. The van der Waals surface area contributed by atoms with E-state index in [1.165, 1.54) is 7.11 Å². The molecule has 1 saturated heterocycles. The fourth-order valence-corrected chi connectivity index (χ4v) is 1.90. The molecule has 0 bridgehead atoms. The van der Waals surface area contributed by atoms with Gasteiger partial charge in [0.05, 0.1) is 7.11 Å². The first-order valence-corrected chi connectivity index (χ1v) is 6.34. The Bertz CT molecular complexity index is 332. The van der Waals surface area contributed by atoms with E-state index in [-0.39, 0.29) is 5.97 Å². The smallest absolute Gasteiger partial charge is 0.422 e. The van der Waals surface area contributed by atoms with E-state index in [4.69, 9.17) is 9.47 Å². The van der Waals surface area contributed by atoms with E-state index in [0.717, 1.165) is 0 Å².